The van der Waals surface area contributed by atoms with Crippen LogP contribution in [-0.2, 0) is 0 Å². The maximum atomic E-state index is 3.43. The van der Waals surface area contributed by atoms with Crippen molar-refractivity contribution >= 4 is 24.2 Å². The third-order valence-electron chi connectivity index (χ3n) is 2.06. The molecule has 0 radical (unpaired) electrons. The Labute approximate surface area is 96.9 Å². The molecule has 0 aliphatic carbocycles. The highest BCUT2D eigenvalue weighted by Gasteiger charge is 2.23. The topological polar surface area (TPSA) is 0 Å². The summed E-state index contributed by atoms with van der Waals surface area (Å²) in [4.78, 5) is 0. The maximum absolute atomic E-state index is 3.43. The number of rotatable bonds is 0. The molecule has 0 aromatic carbocycles. The Morgan fingerprint density at radius 1 is 0.400 bits per heavy atom. The predicted molar refractivity (Wildman–Crippen MR) is 75.8 cm³/mol. The quantitative estimate of drug-likeness (QED) is 0.455. The Balaban J connectivity index is 3.30. The van der Waals surface area contributed by atoms with Crippen LogP contribution in [0.3, 0.4) is 0 Å². The summed E-state index contributed by atoms with van der Waals surface area (Å²) < 4.78 is 0. The van der Waals surface area contributed by atoms with Gasteiger partial charge in [-0.25, -0.2) is 0 Å². The molecule has 0 spiro atoms. The van der Waals surface area contributed by atoms with Crippen LogP contribution in [-0.4, -0.2) is 24.2 Å². The first kappa shape index (κ1) is 12.4. The molecule has 0 aromatic rings. The monoisotopic (exact) mass is 246 g/mol. The summed E-state index contributed by atoms with van der Waals surface area (Å²) in [6.07, 6.45) is 0. The zero-order chi connectivity index (χ0) is 11.7. The first-order valence-corrected chi connectivity index (χ1v) is 14.2. The molecule has 0 nitrogen and oxygen atoms in total. The zero-order valence-electron chi connectivity index (χ0n) is 10.5. The van der Waals surface area contributed by atoms with Gasteiger partial charge in [0.15, 0.2) is 0 Å². The van der Waals surface area contributed by atoms with Crippen molar-refractivity contribution < 1.29 is 0 Å². The van der Waals surface area contributed by atoms with Crippen LogP contribution in [0, 0.1) is 33.3 Å². The normalized spacial score (nSPS) is 23.6. The van der Waals surface area contributed by atoms with E-state index in [-0.39, 0.29) is 0 Å². The van der Waals surface area contributed by atoms with Gasteiger partial charge in [0, 0.05) is 0 Å². The minimum Gasteiger partial charge on any atom is -0.122 e. The Bertz CT molecular complexity index is 349. The van der Waals surface area contributed by atoms with Crippen molar-refractivity contribution in [2.45, 2.75) is 39.3 Å². The fraction of sp³-hybridized carbons (Fsp3) is 0.500. The van der Waals surface area contributed by atoms with Gasteiger partial charge in [-0.3, -0.25) is 0 Å². The van der Waals surface area contributed by atoms with Crippen LogP contribution in [0.25, 0.3) is 0 Å². The molecule has 1 aliphatic heterocycles. The lowest BCUT2D eigenvalue weighted by Crippen LogP contribution is -2.26. The second-order valence-electron chi connectivity index (χ2n) is 5.62. The van der Waals surface area contributed by atoms with E-state index in [9.17, 15) is 0 Å². The van der Waals surface area contributed by atoms with E-state index in [2.05, 4.69) is 72.5 Å². The van der Waals surface area contributed by atoms with Gasteiger partial charge in [-0.15, -0.1) is 33.3 Å². The van der Waals surface area contributed by atoms with E-state index in [1.165, 1.54) is 0 Å². The highest BCUT2D eigenvalue weighted by atomic mass is 28.3. The minimum atomic E-state index is -1.62. The van der Waals surface area contributed by atoms with Gasteiger partial charge in [0.2, 0.25) is 24.2 Å². The molecule has 78 valence electrons. The Morgan fingerprint density at radius 2 is 0.533 bits per heavy atom. The Hall–Kier alpha value is -0.669. The molecule has 0 bridgehead atoms. The Morgan fingerprint density at radius 3 is 0.667 bits per heavy atom. The van der Waals surface area contributed by atoms with Crippen molar-refractivity contribution in [1.82, 2.24) is 0 Å². The minimum absolute atomic E-state index is 1.62. The van der Waals surface area contributed by atoms with Crippen molar-refractivity contribution in [3.63, 3.8) is 0 Å². The van der Waals surface area contributed by atoms with E-state index < -0.39 is 24.2 Å². The second kappa shape index (κ2) is 3.72. The van der Waals surface area contributed by atoms with Gasteiger partial charge in [-0.05, 0) is 39.3 Å². The van der Waals surface area contributed by atoms with Gasteiger partial charge in [0.25, 0.3) is 0 Å². The van der Waals surface area contributed by atoms with Crippen molar-refractivity contribution in [1.29, 1.82) is 0 Å². The summed E-state index contributed by atoms with van der Waals surface area (Å²) in [6.45, 7) is 13.4. The largest absolute Gasteiger partial charge is 0.209 e. The van der Waals surface area contributed by atoms with Crippen molar-refractivity contribution in [3.05, 3.63) is 0 Å². The lowest BCUT2D eigenvalue weighted by Gasteiger charge is -2.07. The highest BCUT2D eigenvalue weighted by molar-refractivity contribution is 7.01. The molecule has 0 saturated carbocycles. The fourth-order valence-electron chi connectivity index (χ4n) is 1.03. The maximum Gasteiger partial charge on any atom is 0.209 e. The highest BCUT2D eigenvalue weighted by Crippen LogP contribution is 2.07. The van der Waals surface area contributed by atoms with Crippen molar-refractivity contribution in [3.8, 4) is 33.3 Å². The number of hydrogen-bond acceptors (Lipinski definition) is 0. The smallest absolute Gasteiger partial charge is 0.122 e. The van der Waals surface area contributed by atoms with E-state index in [4.69, 9.17) is 0 Å². The molecule has 0 aromatic heterocycles. The molecule has 0 saturated heterocycles. The summed E-state index contributed by atoms with van der Waals surface area (Å²) in [5.41, 5.74) is 20.6. The molecule has 0 amide bonds. The fourth-order valence-corrected chi connectivity index (χ4v) is 8.72. The summed E-state index contributed by atoms with van der Waals surface area (Å²) in [7, 11) is -4.85. The van der Waals surface area contributed by atoms with Gasteiger partial charge < -0.3 is 0 Å². The third kappa shape index (κ3) is 4.14. The van der Waals surface area contributed by atoms with Crippen LogP contribution in [0.2, 0.25) is 39.3 Å². The Kier molecular flexibility index (Phi) is 3.08. The predicted octanol–water partition coefficient (Wildman–Crippen LogP) is 2.37. The van der Waals surface area contributed by atoms with Gasteiger partial charge in [-0.1, -0.05) is 0 Å². The molecule has 1 rings (SSSR count). The van der Waals surface area contributed by atoms with E-state index in [0.717, 1.165) is 0 Å². The average molecular weight is 247 g/mol. The third-order valence-corrected chi connectivity index (χ3v) is 7.31. The molecule has 0 atom stereocenters. The number of hydrogen-bond donors (Lipinski definition) is 0. The summed E-state index contributed by atoms with van der Waals surface area (Å²) in [6, 6.07) is 0. The molecule has 3 heteroatoms. The van der Waals surface area contributed by atoms with Crippen LogP contribution in [0.15, 0.2) is 0 Å². The van der Waals surface area contributed by atoms with Gasteiger partial charge in [0.05, 0.1) is 0 Å². The van der Waals surface area contributed by atoms with Crippen LogP contribution < -0.4 is 0 Å². The molecular formula is C12H18Si3. The molecule has 1 aliphatic rings. The average Bonchev–Trinajstić information content (AvgIpc) is 2.12. The van der Waals surface area contributed by atoms with E-state index in [1.807, 2.05) is 0 Å². The van der Waals surface area contributed by atoms with Crippen LogP contribution in [0.1, 0.15) is 0 Å². The van der Waals surface area contributed by atoms with E-state index in [0.29, 0.717) is 0 Å². The van der Waals surface area contributed by atoms with Crippen molar-refractivity contribution in [2.24, 2.45) is 0 Å². The van der Waals surface area contributed by atoms with E-state index >= 15 is 0 Å². The molecular weight excluding hydrogens is 228 g/mol. The molecule has 1 heterocycles. The van der Waals surface area contributed by atoms with Gasteiger partial charge in [-0.2, -0.15) is 0 Å². The summed E-state index contributed by atoms with van der Waals surface area (Å²) in [5, 5.41) is 0. The van der Waals surface area contributed by atoms with Crippen LogP contribution in [0.4, 0.5) is 0 Å². The van der Waals surface area contributed by atoms with Crippen LogP contribution in [0.5, 0.6) is 0 Å². The first-order chi connectivity index (χ1) is 6.62. The second-order valence-corrected chi connectivity index (χ2v) is 16.9. The SMILES string of the molecule is C[Si]1(C)C#C[Si](C)(C)C#C[Si](C)(C)C#C1. The standard InChI is InChI=1S/C12H18Si3/c1-13(2)7-9-14(3,4)11-12-15(5,6)10-8-13/h1-6H3. The van der Waals surface area contributed by atoms with Crippen molar-refractivity contribution in [2.75, 3.05) is 0 Å². The zero-order valence-corrected chi connectivity index (χ0v) is 13.5. The first-order valence-electron chi connectivity index (χ1n) is 5.25. The summed E-state index contributed by atoms with van der Waals surface area (Å²) >= 11 is 0. The summed E-state index contributed by atoms with van der Waals surface area (Å²) in [5.74, 6) is 0. The molecule has 0 N–H and O–H groups in total. The molecule has 15 heavy (non-hydrogen) atoms. The van der Waals surface area contributed by atoms with Crippen LogP contribution >= 0.6 is 0 Å². The van der Waals surface area contributed by atoms with E-state index in [1.54, 1.807) is 0 Å². The lowest BCUT2D eigenvalue weighted by atomic mass is 11.3. The molecule has 0 unspecified atom stereocenters. The molecule has 0 fully saturated rings. The lowest BCUT2D eigenvalue weighted by molar-refractivity contribution is 1.92. The van der Waals surface area contributed by atoms with Gasteiger partial charge >= 0.3 is 0 Å². The van der Waals surface area contributed by atoms with Gasteiger partial charge in [0.1, 0.15) is 0 Å².